The van der Waals surface area contributed by atoms with E-state index in [1.165, 1.54) is 5.56 Å². The summed E-state index contributed by atoms with van der Waals surface area (Å²) in [7, 11) is 0. The second-order valence-electron chi connectivity index (χ2n) is 21.8. The minimum absolute atomic E-state index is 0. The third kappa shape index (κ3) is 10.0. The molecule has 0 aliphatic heterocycles. The van der Waals surface area contributed by atoms with Crippen LogP contribution in [-0.2, 0) is 42.7 Å². The van der Waals surface area contributed by atoms with E-state index in [0.717, 1.165) is 39.1 Å². The quantitative estimate of drug-likeness (QED) is 0.162. The number of aromatic nitrogens is 3. The number of fused-ring (bicyclic) bond motifs is 1. The molecule has 8 rings (SSSR count). The molecule has 8 aromatic rings. The van der Waals surface area contributed by atoms with Gasteiger partial charge in [0.2, 0.25) is 0 Å². The maximum absolute atomic E-state index is 12.7. The van der Waals surface area contributed by atoms with Crippen LogP contribution in [0.2, 0.25) is 0 Å². The first-order valence-corrected chi connectivity index (χ1v) is 22.7. The van der Waals surface area contributed by atoms with Crippen LogP contribution < -0.4 is 0 Å². The minimum Gasteiger partial charge on any atom is -0.507 e. The third-order valence-corrected chi connectivity index (χ3v) is 12.3. The number of pyridine rings is 1. The average Bonchev–Trinajstić information content (AvgIpc) is 3.72. The monoisotopic (exact) mass is 1080 g/mol. The predicted molar refractivity (Wildman–Crippen MR) is 280 cm³/mol. The van der Waals surface area contributed by atoms with E-state index >= 15 is 0 Å². The SMILES string of the molecule is [2H]c1nc(-c2[c-]c(-c3cccc4c3nc(-c3cc(C(C)(C)C)cc(C(C)(C)C)c3O)n4-c3ccc(C([2H])(C)C)cc3-c3ccc(C(C)(C)C)cc3)cc(C(C)(C)C)c2)c([2H])c(-c2c([2H])c([2H])c(C([2H])([2H])[2H])c([2H])c2[2H])c1[2H].[Pt]. The van der Waals surface area contributed by atoms with E-state index in [-0.39, 0.29) is 48.9 Å². The summed E-state index contributed by atoms with van der Waals surface area (Å²) < 4.78 is 97.7. The van der Waals surface area contributed by atoms with Crippen LogP contribution >= 0.6 is 0 Å². The Morgan fingerprint density at radius 1 is 0.642 bits per heavy atom. The molecule has 0 bridgehead atoms. The average molecular weight is 1080 g/mol. The fourth-order valence-electron chi connectivity index (χ4n) is 8.26. The van der Waals surface area contributed by atoms with Gasteiger partial charge < -0.3 is 5.11 Å². The minimum atomic E-state index is -2.98. The Morgan fingerprint density at radius 3 is 1.90 bits per heavy atom. The van der Waals surface area contributed by atoms with Gasteiger partial charge in [0.05, 0.1) is 31.9 Å². The molecule has 1 N–H and O–H groups in total. The van der Waals surface area contributed by atoms with Gasteiger partial charge in [-0.2, -0.15) is 0 Å². The van der Waals surface area contributed by atoms with Gasteiger partial charge in [-0.3, -0.25) is 9.55 Å². The third-order valence-electron chi connectivity index (χ3n) is 12.3. The first-order valence-electron chi connectivity index (χ1n) is 28.2. The van der Waals surface area contributed by atoms with Gasteiger partial charge in [0.1, 0.15) is 11.6 Å². The normalized spacial score (nSPS) is 15.2. The number of hydrogen-bond donors (Lipinski definition) is 1. The fraction of sp³-hybridized carbons (Fsp3) is 0.323. The maximum Gasteiger partial charge on any atom is 0.148 e. The molecule has 0 spiro atoms. The van der Waals surface area contributed by atoms with Gasteiger partial charge in [0.25, 0.3) is 0 Å². The molecule has 67 heavy (non-hydrogen) atoms. The van der Waals surface area contributed by atoms with Gasteiger partial charge in [-0.25, -0.2) is 4.98 Å². The molecular weight excluding hydrogens is 998 g/mol. The molecule has 348 valence electrons. The van der Waals surface area contributed by atoms with Gasteiger partial charge in [0, 0.05) is 49.5 Å². The molecule has 0 radical (unpaired) electrons. The Balaban J connectivity index is 0.00000882. The van der Waals surface area contributed by atoms with Gasteiger partial charge in [-0.05, 0) is 98.1 Å². The molecule has 0 atom stereocenters. The Labute approximate surface area is 430 Å². The number of benzene rings is 6. The summed E-state index contributed by atoms with van der Waals surface area (Å²) in [6.45, 7) is 26.0. The van der Waals surface area contributed by atoms with E-state index in [1.807, 2.05) is 77.1 Å². The number of phenolic OH excluding ortho intramolecular Hbond substituents is 1. The van der Waals surface area contributed by atoms with Crippen molar-refractivity contribution in [3.63, 3.8) is 0 Å². The zero-order chi connectivity index (χ0) is 57.2. The topological polar surface area (TPSA) is 50.9 Å². The second kappa shape index (κ2) is 18.2. The Kier molecular flexibility index (Phi) is 9.88. The van der Waals surface area contributed by atoms with Crippen LogP contribution in [0.5, 0.6) is 5.75 Å². The van der Waals surface area contributed by atoms with E-state index in [0.29, 0.717) is 33.5 Å². The van der Waals surface area contributed by atoms with E-state index in [1.54, 1.807) is 6.07 Å². The molecule has 2 heterocycles. The van der Waals surface area contributed by atoms with E-state index in [4.69, 9.17) is 18.7 Å². The number of nitrogens with zero attached hydrogens (tertiary/aromatic N) is 3. The summed E-state index contributed by atoms with van der Waals surface area (Å²) in [5.74, 6) is -0.384. The number of para-hydroxylation sites is 1. The molecule has 0 amide bonds. The van der Waals surface area contributed by atoms with Crippen molar-refractivity contribution in [1.82, 2.24) is 14.5 Å². The molecule has 0 aliphatic rings. The van der Waals surface area contributed by atoms with E-state index in [2.05, 4.69) is 114 Å². The van der Waals surface area contributed by atoms with Gasteiger partial charge >= 0.3 is 0 Å². The molecule has 0 saturated heterocycles. The number of hydrogen-bond acceptors (Lipinski definition) is 3. The number of aromatic hydroxyl groups is 1. The van der Waals surface area contributed by atoms with Crippen molar-refractivity contribution < 1.29 is 41.3 Å². The van der Waals surface area contributed by atoms with Crippen molar-refractivity contribution in [3.05, 3.63) is 167 Å². The number of imidazole rings is 1. The molecule has 6 aromatic carbocycles. The molecule has 2 aromatic heterocycles. The van der Waals surface area contributed by atoms with Crippen LogP contribution in [-0.4, -0.2) is 19.6 Å². The maximum atomic E-state index is 12.7. The Bertz CT molecular complexity index is 3650. The number of rotatable bonds is 7. The van der Waals surface area contributed by atoms with Crippen LogP contribution in [0.3, 0.4) is 0 Å². The molecule has 0 fully saturated rings. The summed E-state index contributed by atoms with van der Waals surface area (Å²) in [5, 5.41) is 12.7. The summed E-state index contributed by atoms with van der Waals surface area (Å²) in [6, 6.07) is 27.6. The summed E-state index contributed by atoms with van der Waals surface area (Å²) in [5.41, 5.74) is 7.04. The van der Waals surface area contributed by atoms with Crippen LogP contribution in [0, 0.1) is 12.9 Å². The van der Waals surface area contributed by atoms with Crippen molar-refractivity contribution in [2.45, 2.75) is 131 Å². The van der Waals surface area contributed by atoms with Crippen LogP contribution in [0.1, 0.15) is 151 Å². The van der Waals surface area contributed by atoms with E-state index < -0.39 is 82.7 Å². The van der Waals surface area contributed by atoms with Crippen molar-refractivity contribution in [3.8, 4) is 67.5 Å². The zero-order valence-electron chi connectivity index (χ0n) is 52.2. The number of phenols is 1. The second-order valence-corrected chi connectivity index (χ2v) is 21.8. The van der Waals surface area contributed by atoms with Crippen molar-refractivity contribution in [2.24, 2.45) is 0 Å². The Morgan fingerprint density at radius 2 is 1.28 bits per heavy atom. The predicted octanol–water partition coefficient (Wildman–Crippen LogP) is 16.9. The Hall–Kier alpha value is -5.57. The summed E-state index contributed by atoms with van der Waals surface area (Å²) in [4.78, 5) is 10.0. The zero-order valence-corrected chi connectivity index (χ0v) is 43.5. The van der Waals surface area contributed by atoms with Crippen molar-refractivity contribution >= 4 is 11.0 Å². The first-order chi connectivity index (χ1) is 35.3. The molecule has 5 heteroatoms. The summed E-state index contributed by atoms with van der Waals surface area (Å²) >= 11 is 0. The van der Waals surface area contributed by atoms with Crippen LogP contribution in [0.15, 0.2) is 127 Å². The largest absolute Gasteiger partial charge is 0.507 e. The summed E-state index contributed by atoms with van der Waals surface area (Å²) in [6.07, 6.45) is -0.597. The van der Waals surface area contributed by atoms with Gasteiger partial charge in [0.15, 0.2) is 0 Å². The standard InChI is InChI=1S/C62H68N3O.Pt/c1-38(2)42-25-28-54(50(34-42)41-23-26-46(27-24-41)59(4,5)6)65-55-18-16-17-49(56(55)64-58(65)51-36-48(61(10,11)12)37-52(57(51)66)62(13,14)15)44-31-45(33-47(32-44)60(7,8)9)53-35-43(29-30-63-53)40-21-19-39(3)20-22-40;/h16-30,32-38,66H,1-15H3;/q-1;/i3D3,19D,20D,21D,22D,29D,30D,35D,38D;. The fourth-order valence-corrected chi connectivity index (χ4v) is 8.26. The molecule has 0 saturated carbocycles. The van der Waals surface area contributed by atoms with Gasteiger partial charge in [-0.1, -0.05) is 192 Å². The molecular formula is C62H68N3OPt-. The molecule has 4 nitrogen and oxygen atoms in total. The van der Waals surface area contributed by atoms with Crippen LogP contribution in [0.4, 0.5) is 0 Å². The van der Waals surface area contributed by atoms with Crippen molar-refractivity contribution in [2.75, 3.05) is 0 Å². The smallest absolute Gasteiger partial charge is 0.148 e. The van der Waals surface area contributed by atoms with Crippen LogP contribution in [0.25, 0.3) is 72.7 Å². The first kappa shape index (κ1) is 36.5. The van der Waals surface area contributed by atoms with Crippen molar-refractivity contribution in [1.29, 1.82) is 0 Å². The van der Waals surface area contributed by atoms with E-state index in [9.17, 15) is 6.48 Å². The molecule has 0 unspecified atom stereocenters. The van der Waals surface area contributed by atoms with Gasteiger partial charge in [-0.15, -0.1) is 29.3 Å². The molecule has 0 aliphatic carbocycles.